The van der Waals surface area contributed by atoms with Crippen molar-refractivity contribution in [3.63, 3.8) is 0 Å². The zero-order valence-corrected chi connectivity index (χ0v) is 15.1. The molecule has 23 heavy (non-hydrogen) atoms. The van der Waals surface area contributed by atoms with E-state index in [-0.39, 0.29) is 11.9 Å². The van der Waals surface area contributed by atoms with Crippen molar-refractivity contribution in [1.82, 2.24) is 0 Å². The largest absolute Gasteiger partial charge is 0.465 e. The minimum absolute atomic E-state index is 0.116. The Morgan fingerprint density at radius 3 is 2.17 bits per heavy atom. The molecule has 0 radical (unpaired) electrons. The highest BCUT2D eigenvalue weighted by Gasteiger charge is 2.34. The van der Waals surface area contributed by atoms with Gasteiger partial charge in [0, 0.05) is 0 Å². The van der Waals surface area contributed by atoms with E-state index in [1.807, 2.05) is 0 Å². The van der Waals surface area contributed by atoms with Gasteiger partial charge in [-0.05, 0) is 68.6 Å². The van der Waals surface area contributed by atoms with Gasteiger partial charge in [0.05, 0.1) is 12.5 Å². The van der Waals surface area contributed by atoms with Crippen molar-refractivity contribution in [1.29, 1.82) is 0 Å². The molecule has 0 amide bonds. The maximum atomic E-state index is 12.4. The van der Waals surface area contributed by atoms with E-state index >= 15 is 0 Å². The van der Waals surface area contributed by atoms with Crippen LogP contribution in [0, 0.1) is 29.6 Å². The number of rotatable bonds is 4. The summed E-state index contributed by atoms with van der Waals surface area (Å²) in [6, 6.07) is 0. The molecule has 3 rings (SSSR count). The SMILES string of the molecule is CC1CCCCC1C1CCC(C(=O)OCC2CCCCC2)CC1. The number of hydrogen-bond acceptors (Lipinski definition) is 2. The van der Waals surface area contributed by atoms with E-state index in [1.54, 1.807) is 0 Å². The smallest absolute Gasteiger partial charge is 0.308 e. The first-order valence-electron chi connectivity index (χ1n) is 10.4. The molecular weight excluding hydrogens is 284 g/mol. The van der Waals surface area contributed by atoms with Gasteiger partial charge in [-0.1, -0.05) is 45.4 Å². The van der Waals surface area contributed by atoms with Gasteiger partial charge < -0.3 is 4.74 Å². The van der Waals surface area contributed by atoms with Crippen molar-refractivity contribution in [2.45, 2.75) is 90.4 Å². The number of carbonyl (C=O) groups is 1. The maximum Gasteiger partial charge on any atom is 0.308 e. The van der Waals surface area contributed by atoms with Crippen LogP contribution in [0.25, 0.3) is 0 Å². The lowest BCUT2D eigenvalue weighted by Crippen LogP contribution is -2.31. The summed E-state index contributed by atoms with van der Waals surface area (Å²) < 4.78 is 5.68. The maximum absolute atomic E-state index is 12.4. The van der Waals surface area contributed by atoms with E-state index in [0.717, 1.165) is 30.6 Å². The lowest BCUT2D eigenvalue weighted by Gasteiger charge is -2.39. The normalized spacial score (nSPS) is 36.6. The summed E-state index contributed by atoms with van der Waals surface area (Å²) in [5.41, 5.74) is 0. The zero-order valence-electron chi connectivity index (χ0n) is 15.1. The van der Waals surface area contributed by atoms with Gasteiger partial charge in [-0.25, -0.2) is 0 Å². The number of hydrogen-bond donors (Lipinski definition) is 0. The second-order valence-corrected chi connectivity index (χ2v) is 8.67. The third-order valence-electron chi connectivity index (χ3n) is 7.07. The molecule has 0 aromatic rings. The standard InChI is InChI=1S/C21H36O2/c1-16-7-5-6-10-20(16)18-11-13-19(14-12-18)21(22)23-15-17-8-3-2-4-9-17/h16-20H,2-15H2,1H3. The summed E-state index contributed by atoms with van der Waals surface area (Å²) in [5, 5.41) is 0. The van der Waals surface area contributed by atoms with Gasteiger partial charge in [0.1, 0.15) is 0 Å². The summed E-state index contributed by atoms with van der Waals surface area (Å²) in [6.07, 6.45) is 17.0. The van der Waals surface area contributed by atoms with E-state index in [0.29, 0.717) is 12.5 Å². The van der Waals surface area contributed by atoms with E-state index < -0.39 is 0 Å². The fraction of sp³-hybridized carbons (Fsp3) is 0.952. The average molecular weight is 321 g/mol. The molecule has 0 aromatic carbocycles. The third-order valence-corrected chi connectivity index (χ3v) is 7.07. The molecule has 0 heterocycles. The summed E-state index contributed by atoms with van der Waals surface area (Å²) in [5.74, 6) is 3.69. The van der Waals surface area contributed by atoms with Crippen LogP contribution in [0.4, 0.5) is 0 Å². The Kier molecular flexibility index (Phi) is 6.42. The monoisotopic (exact) mass is 320 g/mol. The van der Waals surface area contributed by atoms with Crippen LogP contribution in [0.5, 0.6) is 0 Å². The first-order chi connectivity index (χ1) is 11.2. The minimum atomic E-state index is 0.116. The molecule has 2 atom stereocenters. The molecular formula is C21H36O2. The van der Waals surface area contributed by atoms with E-state index in [9.17, 15) is 4.79 Å². The van der Waals surface area contributed by atoms with Crippen LogP contribution in [0.3, 0.4) is 0 Å². The topological polar surface area (TPSA) is 26.3 Å². The molecule has 2 nitrogen and oxygen atoms in total. The predicted octanol–water partition coefficient (Wildman–Crippen LogP) is 5.74. The van der Waals surface area contributed by atoms with Crippen molar-refractivity contribution in [3.05, 3.63) is 0 Å². The van der Waals surface area contributed by atoms with Gasteiger partial charge in [-0.3, -0.25) is 4.79 Å². The van der Waals surface area contributed by atoms with E-state index in [1.165, 1.54) is 70.6 Å². The molecule has 0 aliphatic heterocycles. The molecule has 0 spiro atoms. The molecule has 132 valence electrons. The van der Waals surface area contributed by atoms with Crippen molar-refractivity contribution < 1.29 is 9.53 Å². The van der Waals surface area contributed by atoms with E-state index in [4.69, 9.17) is 4.74 Å². The van der Waals surface area contributed by atoms with Crippen LogP contribution in [-0.4, -0.2) is 12.6 Å². The van der Waals surface area contributed by atoms with Crippen LogP contribution in [0.15, 0.2) is 0 Å². The third kappa shape index (κ3) is 4.73. The van der Waals surface area contributed by atoms with Crippen molar-refractivity contribution in [2.75, 3.05) is 6.61 Å². The van der Waals surface area contributed by atoms with Gasteiger partial charge in [0.15, 0.2) is 0 Å². The van der Waals surface area contributed by atoms with E-state index in [2.05, 4.69) is 6.92 Å². The van der Waals surface area contributed by atoms with Gasteiger partial charge >= 0.3 is 5.97 Å². The van der Waals surface area contributed by atoms with Crippen molar-refractivity contribution >= 4 is 5.97 Å². The lowest BCUT2D eigenvalue weighted by molar-refractivity contribution is -0.152. The van der Waals surface area contributed by atoms with Crippen LogP contribution in [0.2, 0.25) is 0 Å². The Labute approximate surface area is 142 Å². The summed E-state index contributed by atoms with van der Waals surface area (Å²) in [7, 11) is 0. The van der Waals surface area contributed by atoms with Gasteiger partial charge in [0.25, 0.3) is 0 Å². The number of carbonyl (C=O) groups excluding carboxylic acids is 1. The Balaban J connectivity index is 1.38. The summed E-state index contributed by atoms with van der Waals surface area (Å²) in [6.45, 7) is 3.15. The number of ether oxygens (including phenoxy) is 1. The molecule has 0 saturated heterocycles. The number of esters is 1. The quantitative estimate of drug-likeness (QED) is 0.617. The summed E-state index contributed by atoms with van der Waals surface area (Å²) >= 11 is 0. The fourth-order valence-corrected chi connectivity index (χ4v) is 5.50. The first kappa shape index (κ1) is 17.3. The molecule has 3 aliphatic rings. The molecule has 3 saturated carbocycles. The van der Waals surface area contributed by atoms with Crippen LogP contribution >= 0.6 is 0 Å². The predicted molar refractivity (Wildman–Crippen MR) is 94.1 cm³/mol. The van der Waals surface area contributed by atoms with Crippen LogP contribution in [0.1, 0.15) is 90.4 Å². The Hall–Kier alpha value is -0.530. The Bertz CT molecular complexity index is 364. The molecule has 3 aliphatic carbocycles. The Morgan fingerprint density at radius 1 is 0.826 bits per heavy atom. The second-order valence-electron chi connectivity index (χ2n) is 8.67. The zero-order chi connectivity index (χ0) is 16.1. The van der Waals surface area contributed by atoms with Crippen molar-refractivity contribution in [2.24, 2.45) is 29.6 Å². The molecule has 2 heteroatoms. The second kappa shape index (κ2) is 8.53. The lowest BCUT2D eigenvalue weighted by atomic mass is 9.67. The average Bonchev–Trinajstić information content (AvgIpc) is 2.61. The summed E-state index contributed by atoms with van der Waals surface area (Å²) in [4.78, 5) is 12.4. The highest BCUT2D eigenvalue weighted by atomic mass is 16.5. The van der Waals surface area contributed by atoms with Gasteiger partial charge in [-0.2, -0.15) is 0 Å². The fourth-order valence-electron chi connectivity index (χ4n) is 5.50. The van der Waals surface area contributed by atoms with Crippen LogP contribution < -0.4 is 0 Å². The highest BCUT2D eigenvalue weighted by Crippen LogP contribution is 2.42. The molecule has 0 N–H and O–H groups in total. The van der Waals surface area contributed by atoms with Crippen molar-refractivity contribution in [3.8, 4) is 0 Å². The van der Waals surface area contributed by atoms with Crippen LogP contribution in [-0.2, 0) is 9.53 Å². The minimum Gasteiger partial charge on any atom is -0.465 e. The van der Waals surface area contributed by atoms with Gasteiger partial charge in [0.2, 0.25) is 0 Å². The molecule has 0 bridgehead atoms. The molecule has 0 aromatic heterocycles. The highest BCUT2D eigenvalue weighted by molar-refractivity contribution is 5.72. The first-order valence-corrected chi connectivity index (χ1v) is 10.4. The molecule has 2 unspecified atom stereocenters. The Morgan fingerprint density at radius 2 is 1.48 bits per heavy atom. The molecule has 3 fully saturated rings. The van der Waals surface area contributed by atoms with Gasteiger partial charge in [-0.15, -0.1) is 0 Å².